The number of carbonyl (C=O) groups is 1. The van der Waals surface area contributed by atoms with Crippen LogP contribution in [0.25, 0.3) is 0 Å². The molecule has 0 saturated carbocycles. The van der Waals surface area contributed by atoms with Crippen molar-refractivity contribution < 1.29 is 9.21 Å². The number of rotatable bonds is 3. The number of nitrogens with zero attached hydrogens (tertiary/aromatic N) is 2. The lowest BCUT2D eigenvalue weighted by atomic mass is 10.3. The Kier molecular flexibility index (Phi) is 3.48. The summed E-state index contributed by atoms with van der Waals surface area (Å²) in [5.74, 6) is 5.06. The maximum atomic E-state index is 11.8. The monoisotopic (exact) mass is 262 g/mol. The summed E-state index contributed by atoms with van der Waals surface area (Å²) < 4.78 is 6.70. The fourth-order valence-electron chi connectivity index (χ4n) is 1.79. The molecule has 3 N–H and O–H groups in total. The average Bonchev–Trinajstić information content (AvgIpc) is 2.81. The number of hydrazine groups is 1. The predicted molar refractivity (Wildman–Crippen MR) is 67.4 cm³/mol. The molecule has 0 aromatic carbocycles. The maximum Gasteiger partial charge on any atom is 0.348 e. The van der Waals surface area contributed by atoms with Crippen molar-refractivity contribution in [1.29, 1.82) is 0 Å². The van der Waals surface area contributed by atoms with Gasteiger partial charge in [0.15, 0.2) is 0 Å². The molecule has 100 valence electrons. The van der Waals surface area contributed by atoms with Crippen LogP contribution in [0, 0.1) is 13.8 Å². The number of carbonyl (C=O) groups excluding carboxylic acids is 1. The molecule has 2 rings (SSSR count). The third kappa shape index (κ3) is 2.71. The fourth-order valence-corrected chi connectivity index (χ4v) is 1.79. The SMILES string of the molecule is Cc1cc(C)n(Cc2cc(C(=O)NN)co2)c(=O)n1. The molecular formula is C12H14N4O3. The molecule has 2 aromatic rings. The summed E-state index contributed by atoms with van der Waals surface area (Å²) in [4.78, 5) is 26.9. The standard InChI is InChI=1S/C12H14N4O3/c1-7-3-8(2)16(12(18)14-7)5-10-4-9(6-19-10)11(17)15-13/h3-4,6H,5,13H2,1-2H3,(H,15,17). The van der Waals surface area contributed by atoms with Gasteiger partial charge in [0.25, 0.3) is 5.91 Å². The lowest BCUT2D eigenvalue weighted by Crippen LogP contribution is -2.29. The molecule has 2 heterocycles. The molecule has 0 bridgehead atoms. The summed E-state index contributed by atoms with van der Waals surface area (Å²) in [5.41, 5.74) is 3.41. The van der Waals surface area contributed by atoms with Gasteiger partial charge in [-0.15, -0.1) is 0 Å². The minimum absolute atomic E-state index is 0.218. The van der Waals surface area contributed by atoms with Gasteiger partial charge in [-0.05, 0) is 26.0 Å². The van der Waals surface area contributed by atoms with Crippen LogP contribution < -0.4 is 17.0 Å². The molecule has 19 heavy (non-hydrogen) atoms. The summed E-state index contributed by atoms with van der Waals surface area (Å²) in [6, 6.07) is 3.34. The van der Waals surface area contributed by atoms with Crippen LogP contribution in [0.4, 0.5) is 0 Å². The molecular weight excluding hydrogens is 248 g/mol. The molecule has 1 amide bonds. The van der Waals surface area contributed by atoms with Gasteiger partial charge >= 0.3 is 5.69 Å². The van der Waals surface area contributed by atoms with Gasteiger partial charge in [-0.3, -0.25) is 14.8 Å². The van der Waals surface area contributed by atoms with Crippen molar-refractivity contribution in [2.75, 3.05) is 0 Å². The van der Waals surface area contributed by atoms with E-state index in [9.17, 15) is 9.59 Å². The predicted octanol–water partition coefficient (Wildman–Crippen LogP) is 0.105. The van der Waals surface area contributed by atoms with Crippen molar-refractivity contribution in [3.8, 4) is 0 Å². The van der Waals surface area contributed by atoms with E-state index in [0.29, 0.717) is 17.0 Å². The second-order valence-electron chi connectivity index (χ2n) is 4.18. The van der Waals surface area contributed by atoms with E-state index in [0.717, 1.165) is 5.69 Å². The van der Waals surface area contributed by atoms with E-state index < -0.39 is 5.91 Å². The molecule has 7 nitrogen and oxygen atoms in total. The van der Waals surface area contributed by atoms with Gasteiger partial charge in [-0.2, -0.15) is 4.98 Å². The molecule has 0 spiro atoms. The minimum Gasteiger partial charge on any atom is -0.467 e. The maximum absolute atomic E-state index is 11.8. The lowest BCUT2D eigenvalue weighted by Gasteiger charge is -2.07. The Bertz CT molecular complexity index is 672. The molecule has 2 aromatic heterocycles. The highest BCUT2D eigenvalue weighted by Gasteiger charge is 2.11. The van der Waals surface area contributed by atoms with E-state index in [-0.39, 0.29) is 12.2 Å². The molecule has 0 unspecified atom stereocenters. The topological polar surface area (TPSA) is 103 Å². The minimum atomic E-state index is -0.443. The van der Waals surface area contributed by atoms with Gasteiger partial charge in [-0.1, -0.05) is 0 Å². The smallest absolute Gasteiger partial charge is 0.348 e. The number of hydrogen-bond donors (Lipinski definition) is 2. The first-order chi connectivity index (χ1) is 9.01. The first-order valence-electron chi connectivity index (χ1n) is 5.64. The van der Waals surface area contributed by atoms with E-state index in [2.05, 4.69) is 4.98 Å². The number of nitrogen functional groups attached to an aromatic ring is 1. The Morgan fingerprint density at radius 3 is 2.84 bits per heavy atom. The van der Waals surface area contributed by atoms with E-state index in [4.69, 9.17) is 10.3 Å². The van der Waals surface area contributed by atoms with Crippen molar-refractivity contribution >= 4 is 5.91 Å². The fraction of sp³-hybridized carbons (Fsp3) is 0.250. The number of aryl methyl sites for hydroxylation is 2. The van der Waals surface area contributed by atoms with Crippen molar-refractivity contribution in [2.24, 2.45) is 5.84 Å². The molecule has 0 aliphatic rings. The third-order valence-electron chi connectivity index (χ3n) is 2.71. The summed E-state index contributed by atoms with van der Waals surface area (Å²) in [5, 5.41) is 0. The van der Waals surface area contributed by atoms with Crippen LogP contribution in [0.5, 0.6) is 0 Å². The Balaban J connectivity index is 2.29. The van der Waals surface area contributed by atoms with E-state index in [1.54, 1.807) is 13.0 Å². The molecule has 0 radical (unpaired) electrons. The zero-order valence-electron chi connectivity index (χ0n) is 10.6. The van der Waals surface area contributed by atoms with Crippen LogP contribution in [0.15, 0.2) is 27.6 Å². The Labute approximate surface area is 109 Å². The summed E-state index contributed by atoms with van der Waals surface area (Å²) in [6.07, 6.45) is 1.29. The van der Waals surface area contributed by atoms with Crippen LogP contribution in [0.1, 0.15) is 27.5 Å². The average molecular weight is 262 g/mol. The molecule has 0 aliphatic heterocycles. The van der Waals surface area contributed by atoms with Gasteiger partial charge in [0, 0.05) is 11.4 Å². The number of hydrogen-bond acceptors (Lipinski definition) is 5. The number of nitrogens with one attached hydrogen (secondary N) is 1. The highest BCUT2D eigenvalue weighted by atomic mass is 16.3. The first-order valence-corrected chi connectivity index (χ1v) is 5.64. The second kappa shape index (κ2) is 5.07. The Hall–Kier alpha value is -2.41. The van der Waals surface area contributed by atoms with E-state index in [1.165, 1.54) is 16.9 Å². The second-order valence-corrected chi connectivity index (χ2v) is 4.18. The lowest BCUT2D eigenvalue weighted by molar-refractivity contribution is 0.0953. The van der Waals surface area contributed by atoms with Crippen LogP contribution in [0.3, 0.4) is 0 Å². The third-order valence-corrected chi connectivity index (χ3v) is 2.71. The normalized spacial score (nSPS) is 10.5. The van der Waals surface area contributed by atoms with Crippen LogP contribution in [-0.2, 0) is 6.54 Å². The summed E-state index contributed by atoms with van der Waals surface area (Å²) in [6.45, 7) is 3.79. The first kappa shape index (κ1) is 13.0. The summed E-state index contributed by atoms with van der Waals surface area (Å²) >= 11 is 0. The van der Waals surface area contributed by atoms with Crippen molar-refractivity contribution in [1.82, 2.24) is 15.0 Å². The van der Waals surface area contributed by atoms with E-state index >= 15 is 0 Å². The Morgan fingerprint density at radius 1 is 1.47 bits per heavy atom. The number of amides is 1. The largest absolute Gasteiger partial charge is 0.467 e. The summed E-state index contributed by atoms with van der Waals surface area (Å²) in [7, 11) is 0. The number of aromatic nitrogens is 2. The van der Waals surface area contributed by atoms with E-state index in [1.807, 2.05) is 12.3 Å². The van der Waals surface area contributed by atoms with Crippen molar-refractivity contribution in [3.05, 3.63) is 51.6 Å². The zero-order chi connectivity index (χ0) is 14.0. The highest BCUT2D eigenvalue weighted by Crippen LogP contribution is 2.09. The van der Waals surface area contributed by atoms with Crippen LogP contribution in [-0.4, -0.2) is 15.5 Å². The zero-order valence-corrected chi connectivity index (χ0v) is 10.6. The molecule has 7 heteroatoms. The highest BCUT2D eigenvalue weighted by molar-refractivity contribution is 5.93. The van der Waals surface area contributed by atoms with Gasteiger partial charge < -0.3 is 4.42 Å². The van der Waals surface area contributed by atoms with Crippen LogP contribution in [0.2, 0.25) is 0 Å². The van der Waals surface area contributed by atoms with Crippen molar-refractivity contribution in [2.45, 2.75) is 20.4 Å². The van der Waals surface area contributed by atoms with Gasteiger partial charge in [0.2, 0.25) is 0 Å². The number of nitrogens with two attached hydrogens (primary N) is 1. The van der Waals surface area contributed by atoms with Gasteiger partial charge in [-0.25, -0.2) is 10.6 Å². The molecule has 0 fully saturated rings. The number of furan rings is 1. The molecule has 0 saturated heterocycles. The quantitative estimate of drug-likeness (QED) is 0.464. The molecule has 0 atom stereocenters. The van der Waals surface area contributed by atoms with Crippen molar-refractivity contribution in [3.63, 3.8) is 0 Å². The molecule has 0 aliphatic carbocycles. The van der Waals surface area contributed by atoms with Gasteiger partial charge in [0.1, 0.15) is 12.0 Å². The van der Waals surface area contributed by atoms with Crippen LogP contribution >= 0.6 is 0 Å². The van der Waals surface area contributed by atoms with Gasteiger partial charge in [0.05, 0.1) is 12.1 Å². The Morgan fingerprint density at radius 2 is 2.21 bits per heavy atom.